The minimum absolute atomic E-state index is 0.198. The van der Waals surface area contributed by atoms with Gasteiger partial charge in [-0.25, -0.2) is 19.6 Å². The lowest BCUT2D eigenvalue weighted by atomic mass is 10.2. The number of thioether (sulfide) groups is 1. The van der Waals surface area contributed by atoms with Gasteiger partial charge >= 0.3 is 11.4 Å². The molecule has 0 atom stereocenters. The van der Waals surface area contributed by atoms with Crippen LogP contribution in [0.5, 0.6) is 0 Å². The molecule has 0 aliphatic rings. The number of benzene rings is 1. The molecule has 0 aliphatic heterocycles. The van der Waals surface area contributed by atoms with Crippen LogP contribution in [0.25, 0.3) is 11.0 Å². The summed E-state index contributed by atoms with van der Waals surface area (Å²) in [5, 5.41) is 0.692. The Morgan fingerprint density at radius 2 is 2.00 bits per heavy atom. The van der Waals surface area contributed by atoms with Crippen molar-refractivity contribution in [2.75, 3.05) is 6.26 Å². The predicted molar refractivity (Wildman–Crippen MR) is 79.7 cm³/mol. The molecule has 2 heterocycles. The zero-order valence-electron chi connectivity index (χ0n) is 11.1. The first-order valence-corrected chi connectivity index (χ1v) is 7.40. The van der Waals surface area contributed by atoms with Crippen molar-refractivity contribution in [3.8, 4) is 0 Å². The highest BCUT2D eigenvalue weighted by atomic mass is 32.2. The van der Waals surface area contributed by atoms with Crippen molar-refractivity contribution in [3.05, 3.63) is 63.1 Å². The zero-order chi connectivity index (χ0) is 14.8. The summed E-state index contributed by atoms with van der Waals surface area (Å²) in [6.45, 7) is 0.283. The maximum Gasteiger partial charge on any atom is 0.423 e. The fourth-order valence-corrected chi connectivity index (χ4v) is 2.32. The topological polar surface area (TPSA) is 78.0 Å². The van der Waals surface area contributed by atoms with Gasteiger partial charge in [0.25, 0.3) is 0 Å². The van der Waals surface area contributed by atoms with E-state index in [1.165, 1.54) is 22.5 Å². The van der Waals surface area contributed by atoms with E-state index in [9.17, 15) is 9.59 Å². The standard InChI is InChI=1S/C14H11N3O3S/c1-21-13-15-7-10-11(16-13)17(14(19)20-12(10)18)8-9-5-3-2-4-6-9/h2-7H,8H2,1H3. The maximum absolute atomic E-state index is 12.0. The molecule has 1 aromatic carbocycles. The van der Waals surface area contributed by atoms with Gasteiger partial charge in [0.15, 0.2) is 10.8 Å². The Morgan fingerprint density at radius 1 is 1.24 bits per heavy atom. The lowest BCUT2D eigenvalue weighted by molar-refractivity contribution is 0.422. The normalized spacial score (nSPS) is 10.9. The van der Waals surface area contributed by atoms with Crippen LogP contribution < -0.4 is 11.4 Å². The summed E-state index contributed by atoms with van der Waals surface area (Å²) in [6.07, 6.45) is 3.22. The van der Waals surface area contributed by atoms with Crippen LogP contribution in [0.4, 0.5) is 0 Å². The van der Waals surface area contributed by atoms with E-state index in [1.807, 2.05) is 36.6 Å². The predicted octanol–water partition coefficient (Wildman–Crippen LogP) is 1.51. The lowest BCUT2D eigenvalue weighted by Gasteiger charge is -2.08. The Labute approximate surface area is 123 Å². The van der Waals surface area contributed by atoms with Crippen molar-refractivity contribution in [1.29, 1.82) is 0 Å². The van der Waals surface area contributed by atoms with E-state index in [-0.39, 0.29) is 11.9 Å². The second-order valence-electron chi connectivity index (χ2n) is 4.32. The second kappa shape index (κ2) is 5.53. The lowest BCUT2D eigenvalue weighted by Crippen LogP contribution is -2.26. The number of fused-ring (bicyclic) bond motifs is 1. The summed E-state index contributed by atoms with van der Waals surface area (Å²) < 4.78 is 6.07. The molecule has 0 amide bonds. The van der Waals surface area contributed by atoms with Crippen LogP contribution in [-0.4, -0.2) is 20.8 Å². The second-order valence-corrected chi connectivity index (χ2v) is 5.09. The Bertz CT molecular complexity index is 903. The highest BCUT2D eigenvalue weighted by molar-refractivity contribution is 7.98. The summed E-state index contributed by atoms with van der Waals surface area (Å²) in [6, 6.07) is 9.43. The molecule has 0 bridgehead atoms. The van der Waals surface area contributed by atoms with Crippen LogP contribution in [0, 0.1) is 0 Å². The molecular weight excluding hydrogens is 290 g/mol. The smallest absolute Gasteiger partial charge is 0.372 e. The molecule has 0 saturated carbocycles. The molecule has 21 heavy (non-hydrogen) atoms. The number of hydrogen-bond donors (Lipinski definition) is 0. The first-order chi connectivity index (χ1) is 10.2. The monoisotopic (exact) mass is 301 g/mol. The van der Waals surface area contributed by atoms with E-state index in [1.54, 1.807) is 0 Å². The van der Waals surface area contributed by atoms with Gasteiger partial charge < -0.3 is 4.42 Å². The molecule has 6 nitrogen and oxygen atoms in total. The summed E-state index contributed by atoms with van der Waals surface area (Å²) in [5.74, 6) is -0.720. The van der Waals surface area contributed by atoms with E-state index < -0.39 is 11.4 Å². The van der Waals surface area contributed by atoms with Crippen LogP contribution in [0.1, 0.15) is 5.56 Å². The highest BCUT2D eigenvalue weighted by Gasteiger charge is 2.12. The van der Waals surface area contributed by atoms with Crippen molar-refractivity contribution >= 4 is 22.8 Å². The minimum atomic E-state index is -0.720. The van der Waals surface area contributed by atoms with Crippen molar-refractivity contribution in [2.45, 2.75) is 11.7 Å². The maximum atomic E-state index is 12.0. The van der Waals surface area contributed by atoms with Crippen LogP contribution in [0.3, 0.4) is 0 Å². The Morgan fingerprint density at radius 3 is 2.71 bits per heavy atom. The Hall–Kier alpha value is -2.41. The third-order valence-electron chi connectivity index (χ3n) is 2.99. The molecule has 0 saturated heterocycles. The van der Waals surface area contributed by atoms with Crippen molar-refractivity contribution < 1.29 is 4.42 Å². The molecule has 3 aromatic rings. The number of aromatic nitrogens is 3. The Balaban J connectivity index is 2.25. The number of nitrogens with zero attached hydrogens (tertiary/aromatic N) is 3. The molecule has 0 fully saturated rings. The zero-order valence-corrected chi connectivity index (χ0v) is 12.0. The molecule has 0 N–H and O–H groups in total. The average Bonchev–Trinajstić information content (AvgIpc) is 2.52. The highest BCUT2D eigenvalue weighted by Crippen LogP contribution is 2.12. The van der Waals surface area contributed by atoms with Crippen LogP contribution >= 0.6 is 11.8 Å². The molecule has 3 rings (SSSR count). The molecule has 2 aromatic heterocycles. The largest absolute Gasteiger partial charge is 0.423 e. The van der Waals surface area contributed by atoms with Crippen molar-refractivity contribution in [3.63, 3.8) is 0 Å². The van der Waals surface area contributed by atoms with Gasteiger partial charge in [-0.2, -0.15) is 0 Å². The quantitative estimate of drug-likeness (QED) is 0.539. The number of rotatable bonds is 3. The van der Waals surface area contributed by atoms with Gasteiger partial charge in [-0.05, 0) is 11.8 Å². The molecule has 106 valence electrons. The van der Waals surface area contributed by atoms with Crippen molar-refractivity contribution in [1.82, 2.24) is 14.5 Å². The van der Waals surface area contributed by atoms with E-state index in [0.717, 1.165) is 5.56 Å². The molecule has 0 spiro atoms. The third-order valence-corrected chi connectivity index (χ3v) is 3.55. The van der Waals surface area contributed by atoms with Gasteiger partial charge in [-0.1, -0.05) is 42.1 Å². The summed E-state index contributed by atoms with van der Waals surface area (Å²) >= 11 is 1.34. The van der Waals surface area contributed by atoms with E-state index in [0.29, 0.717) is 10.8 Å². The Kier molecular flexibility index (Phi) is 3.57. The summed E-state index contributed by atoms with van der Waals surface area (Å²) in [5.41, 5.74) is 0.491. The van der Waals surface area contributed by atoms with Crippen molar-refractivity contribution in [2.24, 2.45) is 0 Å². The van der Waals surface area contributed by atoms with Gasteiger partial charge in [-0.3, -0.25) is 4.57 Å². The summed E-state index contributed by atoms with van der Waals surface area (Å²) in [4.78, 5) is 32.0. The van der Waals surface area contributed by atoms with E-state index >= 15 is 0 Å². The third kappa shape index (κ3) is 2.59. The SMILES string of the molecule is CSc1ncc2c(=O)oc(=O)n(Cc3ccccc3)c2n1. The average molecular weight is 301 g/mol. The van der Waals surface area contributed by atoms with Gasteiger partial charge in [0.05, 0.1) is 6.54 Å². The van der Waals surface area contributed by atoms with Crippen LogP contribution in [0.2, 0.25) is 0 Å². The minimum Gasteiger partial charge on any atom is -0.372 e. The first kappa shape index (κ1) is 13.6. The molecule has 7 heteroatoms. The van der Waals surface area contributed by atoms with Gasteiger partial charge in [0.2, 0.25) is 0 Å². The number of hydrogen-bond acceptors (Lipinski definition) is 6. The van der Waals surface area contributed by atoms with E-state index in [4.69, 9.17) is 4.42 Å². The molecule has 0 radical (unpaired) electrons. The molecular formula is C14H11N3O3S. The van der Waals surface area contributed by atoms with Crippen LogP contribution in [0.15, 0.2) is 55.7 Å². The molecule has 0 unspecified atom stereocenters. The van der Waals surface area contributed by atoms with E-state index in [2.05, 4.69) is 9.97 Å². The fourth-order valence-electron chi connectivity index (χ4n) is 1.99. The van der Waals surface area contributed by atoms with Gasteiger partial charge in [0, 0.05) is 6.20 Å². The fraction of sp³-hybridized carbons (Fsp3) is 0.143. The molecule has 0 aliphatic carbocycles. The van der Waals surface area contributed by atoms with Gasteiger partial charge in [-0.15, -0.1) is 0 Å². The first-order valence-electron chi connectivity index (χ1n) is 6.17. The van der Waals surface area contributed by atoms with Gasteiger partial charge in [0.1, 0.15) is 5.39 Å². The summed E-state index contributed by atoms with van der Waals surface area (Å²) in [7, 11) is 0. The van der Waals surface area contributed by atoms with Crippen LogP contribution in [-0.2, 0) is 6.54 Å².